The highest BCUT2D eigenvalue weighted by molar-refractivity contribution is 7.92. The Bertz CT molecular complexity index is 273. The van der Waals surface area contributed by atoms with Crippen molar-refractivity contribution >= 4 is 9.84 Å². The monoisotopic (exact) mass is 236 g/mol. The molecule has 15 heavy (non-hydrogen) atoms. The van der Waals surface area contributed by atoms with Crippen LogP contribution in [0.3, 0.4) is 0 Å². The van der Waals surface area contributed by atoms with E-state index in [1.807, 2.05) is 6.92 Å². The van der Waals surface area contributed by atoms with Gasteiger partial charge in [0, 0.05) is 0 Å². The summed E-state index contributed by atoms with van der Waals surface area (Å²) in [6, 6.07) is 0. The van der Waals surface area contributed by atoms with Gasteiger partial charge in [-0.25, -0.2) is 8.42 Å². The van der Waals surface area contributed by atoms with E-state index >= 15 is 0 Å². The highest BCUT2D eigenvalue weighted by atomic mass is 32.2. The Morgan fingerprint density at radius 2 is 1.73 bits per heavy atom. The van der Waals surface area contributed by atoms with Gasteiger partial charge in [0.1, 0.15) is 0 Å². The summed E-state index contributed by atoms with van der Waals surface area (Å²) in [5.41, 5.74) is 0. The maximum atomic E-state index is 11.8. The van der Waals surface area contributed by atoms with E-state index in [0.717, 1.165) is 6.42 Å². The molecule has 4 heteroatoms. The van der Waals surface area contributed by atoms with Gasteiger partial charge in [0.25, 0.3) is 0 Å². The van der Waals surface area contributed by atoms with Gasteiger partial charge in [0.2, 0.25) is 0 Å². The molecule has 0 aliphatic heterocycles. The molecule has 0 spiro atoms. The van der Waals surface area contributed by atoms with Crippen molar-refractivity contribution in [1.29, 1.82) is 0 Å². The first kappa shape index (κ1) is 14.9. The van der Waals surface area contributed by atoms with Crippen molar-refractivity contribution in [3.8, 4) is 0 Å². The molecule has 2 atom stereocenters. The van der Waals surface area contributed by atoms with Crippen LogP contribution in [0.4, 0.5) is 0 Å². The molecule has 0 radical (unpaired) electrons. The fourth-order valence-electron chi connectivity index (χ4n) is 1.40. The van der Waals surface area contributed by atoms with E-state index in [9.17, 15) is 13.5 Å². The minimum atomic E-state index is -3.05. The molecular formula is C11H24O3S. The van der Waals surface area contributed by atoms with Crippen LogP contribution in [0.25, 0.3) is 0 Å². The van der Waals surface area contributed by atoms with Gasteiger partial charge in [-0.1, -0.05) is 13.3 Å². The van der Waals surface area contributed by atoms with E-state index in [2.05, 4.69) is 0 Å². The van der Waals surface area contributed by atoms with Crippen LogP contribution in [-0.4, -0.2) is 30.1 Å². The Morgan fingerprint density at radius 1 is 1.27 bits per heavy atom. The third kappa shape index (κ3) is 4.51. The van der Waals surface area contributed by atoms with Crippen LogP contribution >= 0.6 is 0 Å². The van der Waals surface area contributed by atoms with Gasteiger partial charge in [-0.3, -0.25) is 0 Å². The highest BCUT2D eigenvalue weighted by Gasteiger charge is 2.29. The molecule has 92 valence electrons. The Morgan fingerprint density at radius 3 is 2.00 bits per heavy atom. The van der Waals surface area contributed by atoms with Crippen LogP contribution in [-0.2, 0) is 9.84 Å². The van der Waals surface area contributed by atoms with E-state index < -0.39 is 20.7 Å². The normalized spacial score (nSPS) is 17.5. The summed E-state index contributed by atoms with van der Waals surface area (Å²) in [6.07, 6.45) is 0.940. The van der Waals surface area contributed by atoms with E-state index in [0.29, 0.717) is 6.42 Å². The first-order valence-corrected chi connectivity index (χ1v) is 7.17. The third-order valence-electron chi connectivity index (χ3n) is 2.90. The Kier molecular flexibility index (Phi) is 5.27. The second kappa shape index (κ2) is 5.30. The number of sulfone groups is 1. The SMILES string of the molecule is CCC(CCS(=O)(=O)C(C)(C)C)C(C)O. The maximum Gasteiger partial charge on any atom is 0.155 e. The van der Waals surface area contributed by atoms with Crippen molar-refractivity contribution in [3.05, 3.63) is 0 Å². The van der Waals surface area contributed by atoms with Crippen molar-refractivity contribution < 1.29 is 13.5 Å². The lowest BCUT2D eigenvalue weighted by Gasteiger charge is -2.22. The van der Waals surface area contributed by atoms with Gasteiger partial charge in [-0.05, 0) is 40.0 Å². The Balaban J connectivity index is 4.39. The predicted octanol–water partition coefficient (Wildman–Crippen LogP) is 2.00. The molecule has 0 fully saturated rings. The van der Waals surface area contributed by atoms with Crippen LogP contribution < -0.4 is 0 Å². The lowest BCUT2D eigenvalue weighted by molar-refractivity contribution is 0.121. The molecule has 0 bridgehead atoms. The number of rotatable bonds is 5. The molecule has 0 saturated carbocycles. The van der Waals surface area contributed by atoms with Crippen LogP contribution in [0, 0.1) is 5.92 Å². The van der Waals surface area contributed by atoms with Gasteiger partial charge in [-0.15, -0.1) is 0 Å². The fourth-order valence-corrected chi connectivity index (χ4v) is 2.62. The summed E-state index contributed by atoms with van der Waals surface area (Å²) in [4.78, 5) is 0. The quantitative estimate of drug-likeness (QED) is 0.794. The minimum absolute atomic E-state index is 0.0853. The maximum absolute atomic E-state index is 11.8. The number of hydrogen-bond donors (Lipinski definition) is 1. The minimum Gasteiger partial charge on any atom is -0.393 e. The summed E-state index contributed by atoms with van der Waals surface area (Å²) in [6.45, 7) is 8.84. The van der Waals surface area contributed by atoms with E-state index in [-0.39, 0.29) is 11.7 Å². The molecule has 2 unspecified atom stereocenters. The molecule has 0 amide bonds. The summed E-state index contributed by atoms with van der Waals surface area (Å²) in [5, 5.41) is 9.42. The van der Waals surface area contributed by atoms with Crippen LogP contribution in [0.5, 0.6) is 0 Å². The molecule has 1 N–H and O–H groups in total. The molecule has 0 aromatic rings. The third-order valence-corrected chi connectivity index (χ3v) is 5.54. The van der Waals surface area contributed by atoms with E-state index in [1.165, 1.54) is 0 Å². The molecule has 0 heterocycles. The van der Waals surface area contributed by atoms with Crippen LogP contribution in [0.15, 0.2) is 0 Å². The van der Waals surface area contributed by atoms with Crippen molar-refractivity contribution in [2.24, 2.45) is 5.92 Å². The first-order chi connectivity index (χ1) is 6.62. The molecule has 0 aromatic carbocycles. The van der Waals surface area contributed by atoms with Crippen LogP contribution in [0.1, 0.15) is 47.5 Å². The van der Waals surface area contributed by atoms with Gasteiger partial charge in [0.15, 0.2) is 9.84 Å². The molecular weight excluding hydrogens is 212 g/mol. The average molecular weight is 236 g/mol. The van der Waals surface area contributed by atoms with E-state index in [4.69, 9.17) is 0 Å². The number of aliphatic hydroxyl groups excluding tert-OH is 1. The average Bonchev–Trinajstić information content (AvgIpc) is 2.02. The van der Waals surface area contributed by atoms with Gasteiger partial charge < -0.3 is 5.11 Å². The van der Waals surface area contributed by atoms with Crippen molar-refractivity contribution in [2.75, 3.05) is 5.75 Å². The highest BCUT2D eigenvalue weighted by Crippen LogP contribution is 2.21. The molecule has 0 aromatic heterocycles. The van der Waals surface area contributed by atoms with Gasteiger partial charge >= 0.3 is 0 Å². The zero-order valence-corrected chi connectivity index (χ0v) is 11.3. The molecule has 0 aliphatic rings. The van der Waals surface area contributed by atoms with E-state index in [1.54, 1.807) is 27.7 Å². The topological polar surface area (TPSA) is 54.4 Å². The first-order valence-electron chi connectivity index (χ1n) is 5.52. The summed E-state index contributed by atoms with van der Waals surface area (Å²) in [5.74, 6) is 0.252. The lowest BCUT2D eigenvalue weighted by Crippen LogP contribution is -2.32. The molecule has 0 rings (SSSR count). The molecule has 3 nitrogen and oxygen atoms in total. The second-order valence-corrected chi connectivity index (χ2v) is 7.99. The summed E-state index contributed by atoms with van der Waals surface area (Å²) in [7, 11) is -3.05. The standard InChI is InChI=1S/C11H24O3S/c1-6-10(9(2)12)7-8-15(13,14)11(3,4)5/h9-10,12H,6-8H2,1-5H3. The van der Waals surface area contributed by atoms with Crippen molar-refractivity contribution in [1.82, 2.24) is 0 Å². The van der Waals surface area contributed by atoms with Crippen LogP contribution in [0.2, 0.25) is 0 Å². The number of aliphatic hydroxyl groups is 1. The molecule has 0 aliphatic carbocycles. The van der Waals surface area contributed by atoms with Gasteiger partial charge in [0.05, 0.1) is 16.6 Å². The van der Waals surface area contributed by atoms with Crippen molar-refractivity contribution in [3.63, 3.8) is 0 Å². The predicted molar refractivity (Wildman–Crippen MR) is 63.6 cm³/mol. The van der Waals surface area contributed by atoms with Crippen molar-refractivity contribution in [2.45, 2.75) is 58.3 Å². The largest absolute Gasteiger partial charge is 0.393 e. The fraction of sp³-hybridized carbons (Fsp3) is 1.00. The zero-order chi connectivity index (χ0) is 12.3. The smallest absolute Gasteiger partial charge is 0.155 e. The Labute approximate surface area is 93.8 Å². The second-order valence-electron chi connectivity index (χ2n) is 5.13. The summed E-state index contributed by atoms with van der Waals surface area (Å²) >= 11 is 0. The van der Waals surface area contributed by atoms with Gasteiger partial charge in [-0.2, -0.15) is 0 Å². The molecule has 0 saturated heterocycles. The number of hydrogen-bond acceptors (Lipinski definition) is 3. The Hall–Kier alpha value is -0.0900. The summed E-state index contributed by atoms with van der Waals surface area (Å²) < 4.78 is 22.9. The lowest BCUT2D eigenvalue weighted by atomic mass is 9.98. The zero-order valence-electron chi connectivity index (χ0n) is 10.4.